The highest BCUT2D eigenvalue weighted by molar-refractivity contribution is 5.84. The lowest BCUT2D eigenvalue weighted by molar-refractivity contribution is -0.117. The molecule has 0 saturated heterocycles. The minimum atomic E-state index is -0.386. The Morgan fingerprint density at radius 3 is 2.70 bits per heavy atom. The molecule has 1 N–H and O–H groups in total. The van der Waals surface area contributed by atoms with Crippen LogP contribution in [0.25, 0.3) is 10.9 Å². The standard InChI is InChI=1S/C21H23FN2O3/c1-14(25)4-3-5-16-12-24-21-7-6-17(10-19(16)21)26-8-9-27-18-11-20(22)15(2)23-13-18/h6-7,10-13,24H,3-5,8-9H2,1-2H3. The van der Waals surface area contributed by atoms with E-state index in [1.54, 1.807) is 13.8 Å². The number of hydrogen-bond acceptors (Lipinski definition) is 4. The summed E-state index contributed by atoms with van der Waals surface area (Å²) in [6.07, 6.45) is 5.75. The van der Waals surface area contributed by atoms with Crippen molar-refractivity contribution in [3.05, 3.63) is 53.7 Å². The minimum Gasteiger partial charge on any atom is -0.490 e. The van der Waals surface area contributed by atoms with E-state index in [1.165, 1.54) is 17.8 Å². The van der Waals surface area contributed by atoms with Crippen molar-refractivity contribution in [3.8, 4) is 11.5 Å². The number of benzene rings is 1. The number of hydrogen-bond donors (Lipinski definition) is 1. The number of fused-ring (bicyclic) bond motifs is 1. The highest BCUT2D eigenvalue weighted by atomic mass is 19.1. The van der Waals surface area contributed by atoms with Crippen LogP contribution in [-0.2, 0) is 11.2 Å². The number of aromatic nitrogens is 2. The van der Waals surface area contributed by atoms with Crippen LogP contribution >= 0.6 is 0 Å². The Balaban J connectivity index is 1.55. The van der Waals surface area contributed by atoms with E-state index in [4.69, 9.17) is 9.47 Å². The molecule has 0 spiro atoms. The first-order chi connectivity index (χ1) is 13.0. The van der Waals surface area contributed by atoms with Crippen LogP contribution in [0.5, 0.6) is 11.5 Å². The zero-order chi connectivity index (χ0) is 19.2. The predicted octanol–water partition coefficient (Wildman–Crippen LogP) is 4.38. The number of H-pyrrole nitrogens is 1. The van der Waals surface area contributed by atoms with Gasteiger partial charge in [0.2, 0.25) is 0 Å². The Kier molecular flexibility index (Phi) is 6.06. The number of Topliss-reactive ketones (excluding diaryl/α,β-unsaturated/α-hetero) is 1. The van der Waals surface area contributed by atoms with E-state index < -0.39 is 0 Å². The Bertz CT molecular complexity index is 936. The maximum absolute atomic E-state index is 13.4. The maximum Gasteiger partial charge on any atom is 0.148 e. The van der Waals surface area contributed by atoms with Crippen molar-refractivity contribution in [2.45, 2.75) is 33.1 Å². The lowest BCUT2D eigenvalue weighted by Crippen LogP contribution is -2.09. The van der Waals surface area contributed by atoms with Crippen LogP contribution in [0, 0.1) is 12.7 Å². The molecule has 0 aliphatic rings. The van der Waals surface area contributed by atoms with Gasteiger partial charge in [-0.2, -0.15) is 0 Å². The molecule has 0 saturated carbocycles. The zero-order valence-corrected chi connectivity index (χ0v) is 15.5. The molecule has 0 aliphatic carbocycles. The van der Waals surface area contributed by atoms with Crippen molar-refractivity contribution in [2.24, 2.45) is 0 Å². The van der Waals surface area contributed by atoms with Crippen LogP contribution in [0.2, 0.25) is 0 Å². The summed E-state index contributed by atoms with van der Waals surface area (Å²) in [6.45, 7) is 3.85. The molecule has 6 heteroatoms. The lowest BCUT2D eigenvalue weighted by Gasteiger charge is -2.09. The van der Waals surface area contributed by atoms with E-state index >= 15 is 0 Å². The lowest BCUT2D eigenvalue weighted by atomic mass is 10.1. The van der Waals surface area contributed by atoms with Gasteiger partial charge >= 0.3 is 0 Å². The molecule has 27 heavy (non-hydrogen) atoms. The summed E-state index contributed by atoms with van der Waals surface area (Å²) in [6, 6.07) is 7.17. The minimum absolute atomic E-state index is 0.211. The van der Waals surface area contributed by atoms with Crippen LogP contribution in [0.4, 0.5) is 4.39 Å². The van der Waals surface area contributed by atoms with Gasteiger partial charge in [0.1, 0.15) is 36.3 Å². The highest BCUT2D eigenvalue weighted by Crippen LogP contribution is 2.25. The smallest absolute Gasteiger partial charge is 0.148 e. The number of carbonyl (C=O) groups is 1. The molecule has 0 fully saturated rings. The second kappa shape index (κ2) is 8.66. The normalized spacial score (nSPS) is 10.9. The second-order valence-electron chi connectivity index (χ2n) is 6.51. The molecular formula is C21H23FN2O3. The van der Waals surface area contributed by atoms with Gasteiger partial charge in [-0.15, -0.1) is 0 Å². The number of pyridine rings is 1. The quantitative estimate of drug-likeness (QED) is 0.568. The molecular weight excluding hydrogens is 347 g/mol. The van der Waals surface area contributed by atoms with Crippen LogP contribution in [0.1, 0.15) is 31.0 Å². The van der Waals surface area contributed by atoms with Gasteiger partial charge in [0.05, 0.1) is 11.9 Å². The maximum atomic E-state index is 13.4. The molecule has 2 heterocycles. The molecule has 0 bridgehead atoms. The monoisotopic (exact) mass is 370 g/mol. The fourth-order valence-corrected chi connectivity index (χ4v) is 2.87. The first kappa shape index (κ1) is 18.9. The van der Waals surface area contributed by atoms with Gasteiger partial charge in [0.25, 0.3) is 0 Å². The number of halogens is 1. The molecule has 0 aliphatic heterocycles. The summed E-state index contributed by atoms with van der Waals surface area (Å²) in [5.74, 6) is 0.952. The summed E-state index contributed by atoms with van der Waals surface area (Å²) >= 11 is 0. The van der Waals surface area contributed by atoms with Crippen LogP contribution in [0.15, 0.2) is 36.7 Å². The van der Waals surface area contributed by atoms with Crippen molar-refractivity contribution in [1.82, 2.24) is 9.97 Å². The topological polar surface area (TPSA) is 64.2 Å². The molecule has 0 radical (unpaired) electrons. The number of aryl methyl sites for hydroxylation is 2. The first-order valence-electron chi connectivity index (χ1n) is 9.00. The molecule has 1 aromatic carbocycles. The number of ether oxygens (including phenoxy) is 2. The molecule has 0 unspecified atom stereocenters. The van der Waals surface area contributed by atoms with Crippen molar-refractivity contribution >= 4 is 16.7 Å². The average molecular weight is 370 g/mol. The number of rotatable bonds is 9. The summed E-state index contributed by atoms with van der Waals surface area (Å²) in [7, 11) is 0. The molecule has 0 amide bonds. The van der Waals surface area contributed by atoms with E-state index in [9.17, 15) is 9.18 Å². The van der Waals surface area contributed by atoms with Crippen molar-refractivity contribution < 1.29 is 18.7 Å². The average Bonchev–Trinajstić information content (AvgIpc) is 3.04. The Morgan fingerprint density at radius 2 is 1.96 bits per heavy atom. The van der Waals surface area contributed by atoms with E-state index in [-0.39, 0.29) is 11.6 Å². The van der Waals surface area contributed by atoms with Gasteiger partial charge in [-0.25, -0.2) is 4.39 Å². The molecule has 5 nitrogen and oxygen atoms in total. The number of ketones is 1. The zero-order valence-electron chi connectivity index (χ0n) is 15.5. The number of nitrogens with zero attached hydrogens (tertiary/aromatic N) is 1. The van der Waals surface area contributed by atoms with E-state index in [0.717, 1.165) is 29.5 Å². The third-order valence-corrected chi connectivity index (χ3v) is 4.33. The van der Waals surface area contributed by atoms with E-state index in [1.807, 2.05) is 24.4 Å². The SMILES string of the molecule is CC(=O)CCCc1c[nH]c2ccc(OCCOc3cnc(C)c(F)c3)cc12. The summed E-state index contributed by atoms with van der Waals surface area (Å²) in [5, 5.41) is 1.10. The fraction of sp³-hybridized carbons (Fsp3) is 0.333. The predicted molar refractivity (Wildman–Crippen MR) is 102 cm³/mol. The van der Waals surface area contributed by atoms with Gasteiger partial charge in [0, 0.05) is 29.6 Å². The van der Waals surface area contributed by atoms with Gasteiger partial charge in [-0.1, -0.05) is 0 Å². The molecule has 2 aromatic heterocycles. The van der Waals surface area contributed by atoms with Gasteiger partial charge in [-0.05, 0) is 50.5 Å². The Hall–Kier alpha value is -2.89. The van der Waals surface area contributed by atoms with Crippen molar-refractivity contribution in [3.63, 3.8) is 0 Å². The fourth-order valence-electron chi connectivity index (χ4n) is 2.87. The van der Waals surface area contributed by atoms with Crippen molar-refractivity contribution in [1.29, 1.82) is 0 Å². The van der Waals surface area contributed by atoms with Gasteiger partial charge in [0.15, 0.2) is 0 Å². The Labute approximate surface area is 157 Å². The number of carbonyl (C=O) groups excluding carboxylic acids is 1. The molecule has 0 atom stereocenters. The number of aromatic amines is 1. The van der Waals surface area contributed by atoms with Crippen LogP contribution in [0.3, 0.4) is 0 Å². The summed E-state index contributed by atoms with van der Waals surface area (Å²) in [4.78, 5) is 18.3. The largest absolute Gasteiger partial charge is 0.490 e. The second-order valence-corrected chi connectivity index (χ2v) is 6.51. The highest BCUT2D eigenvalue weighted by Gasteiger charge is 2.07. The Morgan fingerprint density at radius 1 is 1.19 bits per heavy atom. The van der Waals surface area contributed by atoms with E-state index in [0.29, 0.717) is 31.1 Å². The number of nitrogens with one attached hydrogen (secondary N) is 1. The molecule has 3 rings (SSSR count). The third kappa shape index (κ3) is 5.06. The van der Waals surface area contributed by atoms with Gasteiger partial charge < -0.3 is 19.3 Å². The van der Waals surface area contributed by atoms with Gasteiger partial charge in [-0.3, -0.25) is 4.98 Å². The molecule has 3 aromatic rings. The van der Waals surface area contributed by atoms with Crippen molar-refractivity contribution in [2.75, 3.05) is 13.2 Å². The third-order valence-electron chi connectivity index (χ3n) is 4.33. The van der Waals surface area contributed by atoms with E-state index in [2.05, 4.69) is 9.97 Å². The summed E-state index contributed by atoms with van der Waals surface area (Å²) < 4.78 is 24.7. The summed E-state index contributed by atoms with van der Waals surface area (Å²) in [5.41, 5.74) is 2.56. The van der Waals surface area contributed by atoms with Crippen LogP contribution in [-0.4, -0.2) is 29.0 Å². The van der Waals surface area contributed by atoms with Crippen LogP contribution < -0.4 is 9.47 Å². The first-order valence-corrected chi connectivity index (χ1v) is 9.00. The molecule has 142 valence electrons.